The van der Waals surface area contributed by atoms with E-state index < -0.39 is 0 Å². The molecule has 1 N–H and O–H groups in total. The van der Waals surface area contributed by atoms with Gasteiger partial charge in [-0.2, -0.15) is 0 Å². The zero-order valence-corrected chi connectivity index (χ0v) is 16.8. The van der Waals surface area contributed by atoms with Crippen LogP contribution in [0.3, 0.4) is 0 Å². The highest BCUT2D eigenvalue weighted by atomic mass is 79.9. The van der Waals surface area contributed by atoms with Crippen molar-refractivity contribution in [2.45, 2.75) is 32.1 Å². The molecule has 2 amide bonds. The molecule has 6 heteroatoms. The summed E-state index contributed by atoms with van der Waals surface area (Å²) in [4.78, 5) is 28.9. The standard InChI is InChI=1S/C20H28BrN3O2/c21-18-8-4-3-7-17(18)15-19(25)22-9-10-23-11-13-24(14-12-23)20(26)16-5-1-2-6-16/h3-4,7-8,16H,1-2,5-6,9-15H2,(H,22,25). The summed E-state index contributed by atoms with van der Waals surface area (Å²) in [5, 5.41) is 3.00. The van der Waals surface area contributed by atoms with Gasteiger partial charge in [-0.15, -0.1) is 0 Å². The summed E-state index contributed by atoms with van der Waals surface area (Å²) in [5.74, 6) is 0.689. The number of carbonyl (C=O) groups is 2. The van der Waals surface area contributed by atoms with Crippen LogP contribution in [0.25, 0.3) is 0 Å². The number of hydrogen-bond acceptors (Lipinski definition) is 3. The molecule has 0 spiro atoms. The second-order valence-corrected chi connectivity index (χ2v) is 8.12. The molecule has 1 heterocycles. The number of rotatable bonds is 6. The zero-order valence-electron chi connectivity index (χ0n) is 15.3. The molecule has 1 aliphatic carbocycles. The first-order valence-corrected chi connectivity index (χ1v) is 10.4. The second kappa shape index (κ2) is 9.51. The van der Waals surface area contributed by atoms with Crippen LogP contribution in [0, 0.1) is 5.92 Å². The van der Waals surface area contributed by atoms with Crippen molar-refractivity contribution < 1.29 is 9.59 Å². The summed E-state index contributed by atoms with van der Waals surface area (Å²) in [6.07, 6.45) is 4.95. The van der Waals surface area contributed by atoms with Gasteiger partial charge in [-0.25, -0.2) is 0 Å². The van der Waals surface area contributed by atoms with E-state index >= 15 is 0 Å². The Morgan fingerprint density at radius 1 is 1.08 bits per heavy atom. The van der Waals surface area contributed by atoms with Gasteiger partial charge >= 0.3 is 0 Å². The molecule has 1 aromatic carbocycles. The molecule has 0 unspecified atom stereocenters. The van der Waals surface area contributed by atoms with Gasteiger partial charge in [0, 0.05) is 49.7 Å². The fraction of sp³-hybridized carbons (Fsp3) is 0.600. The number of benzene rings is 1. The Labute approximate surface area is 164 Å². The van der Waals surface area contributed by atoms with Gasteiger partial charge in [0.25, 0.3) is 0 Å². The van der Waals surface area contributed by atoms with Crippen LogP contribution in [0.5, 0.6) is 0 Å². The molecule has 1 saturated carbocycles. The highest BCUT2D eigenvalue weighted by Gasteiger charge is 2.29. The lowest BCUT2D eigenvalue weighted by Crippen LogP contribution is -2.51. The Morgan fingerprint density at radius 2 is 1.77 bits per heavy atom. The van der Waals surface area contributed by atoms with Gasteiger partial charge in [0.05, 0.1) is 6.42 Å². The van der Waals surface area contributed by atoms with Crippen molar-refractivity contribution in [2.24, 2.45) is 5.92 Å². The highest BCUT2D eigenvalue weighted by Crippen LogP contribution is 2.26. The van der Waals surface area contributed by atoms with Crippen molar-refractivity contribution in [3.63, 3.8) is 0 Å². The van der Waals surface area contributed by atoms with Gasteiger partial charge in [-0.05, 0) is 24.5 Å². The largest absolute Gasteiger partial charge is 0.355 e. The average molecular weight is 422 g/mol. The van der Waals surface area contributed by atoms with Gasteiger partial charge in [-0.3, -0.25) is 14.5 Å². The second-order valence-electron chi connectivity index (χ2n) is 7.27. The van der Waals surface area contributed by atoms with Crippen molar-refractivity contribution in [3.05, 3.63) is 34.3 Å². The molecule has 142 valence electrons. The topological polar surface area (TPSA) is 52.7 Å². The number of carbonyl (C=O) groups excluding carboxylic acids is 2. The molecule has 2 aliphatic rings. The highest BCUT2D eigenvalue weighted by molar-refractivity contribution is 9.10. The minimum atomic E-state index is 0.0481. The molecule has 0 atom stereocenters. The maximum Gasteiger partial charge on any atom is 0.225 e. The Morgan fingerprint density at radius 3 is 2.46 bits per heavy atom. The Hall–Kier alpha value is -1.40. The Balaban J connectivity index is 1.33. The van der Waals surface area contributed by atoms with E-state index in [1.165, 1.54) is 12.8 Å². The fourth-order valence-corrected chi connectivity index (χ4v) is 4.28. The van der Waals surface area contributed by atoms with Crippen LogP contribution in [0.15, 0.2) is 28.7 Å². The summed E-state index contributed by atoms with van der Waals surface area (Å²) in [6.45, 7) is 4.94. The predicted octanol–water partition coefficient (Wildman–Crippen LogP) is 2.44. The van der Waals surface area contributed by atoms with Crippen LogP contribution < -0.4 is 5.32 Å². The minimum Gasteiger partial charge on any atom is -0.355 e. The van der Waals surface area contributed by atoms with Crippen LogP contribution >= 0.6 is 15.9 Å². The number of hydrogen-bond donors (Lipinski definition) is 1. The molecule has 2 fully saturated rings. The number of piperazine rings is 1. The third-order valence-electron chi connectivity index (χ3n) is 5.45. The number of amides is 2. The third kappa shape index (κ3) is 5.30. The van der Waals surface area contributed by atoms with E-state index in [1.54, 1.807) is 0 Å². The van der Waals surface area contributed by atoms with Crippen molar-refractivity contribution in [3.8, 4) is 0 Å². The van der Waals surface area contributed by atoms with Crippen LogP contribution in [0.1, 0.15) is 31.2 Å². The van der Waals surface area contributed by atoms with Gasteiger partial charge in [-0.1, -0.05) is 47.0 Å². The fourth-order valence-electron chi connectivity index (χ4n) is 3.85. The predicted molar refractivity (Wildman–Crippen MR) is 106 cm³/mol. The summed E-state index contributed by atoms with van der Waals surface area (Å²) >= 11 is 3.48. The molecule has 0 bridgehead atoms. The average Bonchev–Trinajstić information content (AvgIpc) is 3.18. The molecule has 26 heavy (non-hydrogen) atoms. The third-order valence-corrected chi connectivity index (χ3v) is 6.22. The zero-order chi connectivity index (χ0) is 18.4. The molecule has 5 nitrogen and oxygen atoms in total. The lowest BCUT2D eigenvalue weighted by Gasteiger charge is -2.36. The molecular weight excluding hydrogens is 394 g/mol. The van der Waals surface area contributed by atoms with Crippen LogP contribution in [0.2, 0.25) is 0 Å². The molecule has 0 radical (unpaired) electrons. The van der Waals surface area contributed by atoms with E-state index in [4.69, 9.17) is 0 Å². The first-order valence-electron chi connectivity index (χ1n) is 9.65. The van der Waals surface area contributed by atoms with E-state index in [0.29, 0.717) is 18.9 Å². The van der Waals surface area contributed by atoms with Gasteiger partial charge < -0.3 is 10.2 Å². The Kier molecular flexibility index (Phi) is 7.08. The molecule has 1 saturated heterocycles. The number of halogens is 1. The first kappa shape index (κ1) is 19.4. The Bertz CT molecular complexity index is 623. The maximum absolute atomic E-state index is 12.5. The molecule has 1 aromatic rings. The summed E-state index contributed by atoms with van der Waals surface area (Å²) in [6, 6.07) is 7.81. The van der Waals surface area contributed by atoms with Crippen LogP contribution in [-0.2, 0) is 16.0 Å². The summed E-state index contributed by atoms with van der Waals surface area (Å²) in [7, 11) is 0. The normalized spacial score (nSPS) is 18.9. The van der Waals surface area contributed by atoms with Gasteiger partial charge in [0.1, 0.15) is 0 Å². The number of nitrogens with one attached hydrogen (secondary N) is 1. The van der Waals surface area contributed by atoms with Crippen LogP contribution in [-0.4, -0.2) is 60.9 Å². The first-order chi connectivity index (χ1) is 12.6. The molecular formula is C20H28BrN3O2. The van der Waals surface area contributed by atoms with Crippen molar-refractivity contribution in [1.29, 1.82) is 0 Å². The smallest absolute Gasteiger partial charge is 0.225 e. The lowest BCUT2D eigenvalue weighted by molar-refractivity contribution is -0.137. The minimum absolute atomic E-state index is 0.0481. The summed E-state index contributed by atoms with van der Waals surface area (Å²) < 4.78 is 0.971. The van der Waals surface area contributed by atoms with E-state index in [9.17, 15) is 9.59 Å². The molecule has 3 rings (SSSR count). The van der Waals surface area contributed by atoms with Crippen LogP contribution in [0.4, 0.5) is 0 Å². The monoisotopic (exact) mass is 421 g/mol. The SMILES string of the molecule is O=C(Cc1ccccc1Br)NCCN1CCN(C(=O)C2CCCC2)CC1. The van der Waals surface area contributed by atoms with Crippen molar-refractivity contribution in [2.75, 3.05) is 39.3 Å². The van der Waals surface area contributed by atoms with Crippen molar-refractivity contribution in [1.82, 2.24) is 15.1 Å². The summed E-state index contributed by atoms with van der Waals surface area (Å²) in [5.41, 5.74) is 1.00. The number of nitrogens with zero attached hydrogens (tertiary/aromatic N) is 2. The lowest BCUT2D eigenvalue weighted by atomic mass is 10.1. The molecule has 1 aliphatic heterocycles. The van der Waals surface area contributed by atoms with Gasteiger partial charge in [0.15, 0.2) is 0 Å². The van der Waals surface area contributed by atoms with Crippen molar-refractivity contribution >= 4 is 27.7 Å². The van der Waals surface area contributed by atoms with E-state index in [0.717, 1.165) is 55.6 Å². The van der Waals surface area contributed by atoms with E-state index in [-0.39, 0.29) is 11.8 Å². The maximum atomic E-state index is 12.5. The van der Waals surface area contributed by atoms with E-state index in [1.807, 2.05) is 29.2 Å². The van der Waals surface area contributed by atoms with E-state index in [2.05, 4.69) is 26.1 Å². The van der Waals surface area contributed by atoms with Gasteiger partial charge in [0.2, 0.25) is 11.8 Å². The molecule has 0 aromatic heterocycles. The quantitative estimate of drug-likeness (QED) is 0.767.